The zero-order chi connectivity index (χ0) is 15.0. The summed E-state index contributed by atoms with van der Waals surface area (Å²) >= 11 is 7.23. The van der Waals surface area contributed by atoms with E-state index in [0.717, 1.165) is 21.8 Å². The fourth-order valence-electron chi connectivity index (χ4n) is 3.46. The van der Waals surface area contributed by atoms with E-state index in [0.29, 0.717) is 0 Å². The van der Waals surface area contributed by atoms with E-state index >= 15 is 0 Å². The van der Waals surface area contributed by atoms with Gasteiger partial charge in [-0.1, -0.05) is 56.1 Å². The molecule has 0 nitrogen and oxygen atoms in total. The molecule has 0 atom stereocenters. The van der Waals surface area contributed by atoms with Crippen LogP contribution in [-0.2, 0) is 5.41 Å². The molecular formula is C19H16Br2. The van der Waals surface area contributed by atoms with Crippen LogP contribution in [-0.4, -0.2) is 0 Å². The van der Waals surface area contributed by atoms with Crippen LogP contribution < -0.4 is 0 Å². The van der Waals surface area contributed by atoms with Gasteiger partial charge in [0.15, 0.2) is 0 Å². The van der Waals surface area contributed by atoms with Crippen LogP contribution in [0.3, 0.4) is 0 Å². The highest BCUT2D eigenvalue weighted by Crippen LogP contribution is 2.54. The Morgan fingerprint density at radius 1 is 0.810 bits per heavy atom. The van der Waals surface area contributed by atoms with Gasteiger partial charge < -0.3 is 0 Å². The lowest BCUT2D eigenvalue weighted by Gasteiger charge is -2.30. The van der Waals surface area contributed by atoms with Crippen molar-refractivity contribution in [1.29, 1.82) is 0 Å². The third-order valence-corrected chi connectivity index (χ3v) is 5.26. The van der Waals surface area contributed by atoms with Gasteiger partial charge in [-0.25, -0.2) is 0 Å². The minimum atomic E-state index is -0.0538. The number of benzene rings is 2. The van der Waals surface area contributed by atoms with E-state index < -0.39 is 0 Å². The molecule has 0 fully saturated rings. The van der Waals surface area contributed by atoms with Gasteiger partial charge >= 0.3 is 0 Å². The van der Waals surface area contributed by atoms with E-state index in [2.05, 4.69) is 81.4 Å². The summed E-state index contributed by atoms with van der Waals surface area (Å²) in [5, 5.41) is 0. The molecule has 0 heterocycles. The summed E-state index contributed by atoms with van der Waals surface area (Å²) in [6.45, 7) is 7.97. The lowest BCUT2D eigenvalue weighted by atomic mass is 9.73. The zero-order valence-electron chi connectivity index (χ0n) is 11.7. The molecule has 2 aromatic carbocycles. The van der Waals surface area contributed by atoms with Gasteiger partial charge in [0.25, 0.3) is 0 Å². The molecule has 106 valence electrons. The molecule has 2 aromatic rings. The summed E-state index contributed by atoms with van der Waals surface area (Å²) in [6.07, 6.45) is 5.85. The van der Waals surface area contributed by atoms with Crippen LogP contribution in [0.5, 0.6) is 0 Å². The van der Waals surface area contributed by atoms with Crippen molar-refractivity contribution in [2.24, 2.45) is 0 Å². The van der Waals surface area contributed by atoms with Crippen molar-refractivity contribution in [3.05, 3.63) is 81.8 Å². The Hall–Kier alpha value is -1.12. The minimum absolute atomic E-state index is 0.0538. The molecule has 0 aromatic heterocycles. The first kappa shape index (κ1) is 14.8. The Bertz CT molecular complexity index is 665. The van der Waals surface area contributed by atoms with E-state index in [9.17, 15) is 0 Å². The Kier molecular flexibility index (Phi) is 3.94. The fraction of sp³-hybridized carbons (Fsp3) is 0.158. The molecule has 0 saturated carbocycles. The molecule has 1 aliphatic carbocycles. The van der Waals surface area contributed by atoms with Crippen LogP contribution in [0, 0.1) is 0 Å². The summed E-state index contributed by atoms with van der Waals surface area (Å²) < 4.78 is 2.23. The van der Waals surface area contributed by atoms with Crippen molar-refractivity contribution in [2.45, 2.75) is 18.3 Å². The van der Waals surface area contributed by atoms with Crippen molar-refractivity contribution >= 4 is 31.9 Å². The van der Waals surface area contributed by atoms with Gasteiger partial charge in [-0.2, -0.15) is 0 Å². The highest BCUT2D eigenvalue weighted by molar-refractivity contribution is 9.10. The van der Waals surface area contributed by atoms with Crippen LogP contribution in [0.4, 0.5) is 0 Å². The summed E-state index contributed by atoms with van der Waals surface area (Å²) in [6, 6.07) is 13.1. The lowest BCUT2D eigenvalue weighted by Crippen LogP contribution is -2.23. The van der Waals surface area contributed by atoms with Crippen LogP contribution in [0.2, 0.25) is 0 Å². The first-order chi connectivity index (χ1) is 10.1. The maximum absolute atomic E-state index is 3.98. The van der Waals surface area contributed by atoms with E-state index in [1.165, 1.54) is 22.3 Å². The number of hydrogen-bond donors (Lipinski definition) is 0. The molecule has 0 bridgehead atoms. The zero-order valence-corrected chi connectivity index (χ0v) is 14.9. The average Bonchev–Trinajstić information content (AvgIpc) is 2.70. The van der Waals surface area contributed by atoms with Crippen molar-refractivity contribution in [3.8, 4) is 11.1 Å². The maximum atomic E-state index is 3.98. The largest absolute Gasteiger partial charge is 0.103 e. The number of fused-ring (bicyclic) bond motifs is 3. The first-order valence-electron chi connectivity index (χ1n) is 6.94. The highest BCUT2D eigenvalue weighted by Gasteiger charge is 2.41. The van der Waals surface area contributed by atoms with Crippen molar-refractivity contribution < 1.29 is 0 Å². The van der Waals surface area contributed by atoms with Crippen molar-refractivity contribution in [3.63, 3.8) is 0 Å². The van der Waals surface area contributed by atoms with Crippen LogP contribution >= 0.6 is 31.9 Å². The Labute approximate surface area is 142 Å². The molecule has 0 aliphatic heterocycles. The molecule has 0 unspecified atom stereocenters. The predicted molar refractivity (Wildman–Crippen MR) is 97.7 cm³/mol. The minimum Gasteiger partial charge on any atom is -0.103 e. The van der Waals surface area contributed by atoms with Crippen LogP contribution in [0.1, 0.15) is 24.0 Å². The smallest absolute Gasteiger partial charge is 0.0284 e. The van der Waals surface area contributed by atoms with Crippen molar-refractivity contribution in [2.75, 3.05) is 0 Å². The number of hydrogen-bond acceptors (Lipinski definition) is 0. The number of rotatable bonds is 4. The molecule has 21 heavy (non-hydrogen) atoms. The Balaban J connectivity index is 2.37. The van der Waals surface area contributed by atoms with Crippen LogP contribution in [0.25, 0.3) is 11.1 Å². The van der Waals surface area contributed by atoms with Crippen LogP contribution in [0.15, 0.2) is 70.7 Å². The van der Waals surface area contributed by atoms with Gasteiger partial charge in [0.1, 0.15) is 0 Å². The van der Waals surface area contributed by atoms with Gasteiger partial charge in [0.2, 0.25) is 0 Å². The SMILES string of the molecule is C=CCC1(CC=C)c2cc(Br)ccc2-c2ccc(Br)cc21. The third-order valence-electron chi connectivity index (χ3n) is 4.27. The summed E-state index contributed by atoms with van der Waals surface area (Å²) in [5.74, 6) is 0. The Morgan fingerprint density at radius 3 is 1.62 bits per heavy atom. The topological polar surface area (TPSA) is 0 Å². The summed E-state index contributed by atoms with van der Waals surface area (Å²) in [5.41, 5.74) is 5.32. The fourth-order valence-corrected chi connectivity index (χ4v) is 4.18. The standard InChI is InChI=1S/C19H16Br2/c1-3-9-19(10-4-2)17-11-13(20)5-7-15(17)16-8-6-14(21)12-18(16)19/h3-8,11-12H,1-2,9-10H2. The Morgan fingerprint density at radius 2 is 1.24 bits per heavy atom. The molecule has 1 aliphatic rings. The molecule has 2 heteroatoms. The van der Waals surface area contributed by atoms with E-state index in [-0.39, 0.29) is 5.41 Å². The number of allylic oxidation sites excluding steroid dienone is 2. The van der Waals surface area contributed by atoms with E-state index in [4.69, 9.17) is 0 Å². The summed E-state index contributed by atoms with van der Waals surface area (Å²) in [7, 11) is 0. The van der Waals surface area contributed by atoms with Gasteiger partial charge in [0, 0.05) is 14.4 Å². The second kappa shape index (κ2) is 5.58. The van der Waals surface area contributed by atoms with E-state index in [1.807, 2.05) is 12.2 Å². The van der Waals surface area contributed by atoms with Gasteiger partial charge in [-0.3, -0.25) is 0 Å². The second-order valence-electron chi connectivity index (χ2n) is 5.45. The van der Waals surface area contributed by atoms with Crippen molar-refractivity contribution in [1.82, 2.24) is 0 Å². The van der Waals surface area contributed by atoms with Gasteiger partial charge in [0.05, 0.1) is 0 Å². The average molecular weight is 404 g/mol. The lowest BCUT2D eigenvalue weighted by molar-refractivity contribution is 0.543. The highest BCUT2D eigenvalue weighted by atomic mass is 79.9. The van der Waals surface area contributed by atoms with E-state index in [1.54, 1.807) is 0 Å². The maximum Gasteiger partial charge on any atom is 0.0284 e. The first-order valence-corrected chi connectivity index (χ1v) is 8.53. The molecule has 0 N–H and O–H groups in total. The third kappa shape index (κ3) is 2.25. The predicted octanol–water partition coefficient (Wildman–Crippen LogP) is 6.63. The monoisotopic (exact) mass is 402 g/mol. The second-order valence-corrected chi connectivity index (χ2v) is 7.28. The molecule has 0 amide bonds. The molecule has 3 rings (SSSR count). The van der Waals surface area contributed by atoms with Gasteiger partial charge in [-0.15, -0.1) is 13.2 Å². The quantitative estimate of drug-likeness (QED) is 0.502. The van der Waals surface area contributed by atoms with Gasteiger partial charge in [-0.05, 0) is 59.4 Å². The summed E-state index contributed by atoms with van der Waals surface area (Å²) in [4.78, 5) is 0. The molecule has 0 radical (unpaired) electrons. The molecular weight excluding hydrogens is 388 g/mol. The molecule has 0 saturated heterocycles. The molecule has 0 spiro atoms. The normalized spacial score (nSPS) is 14.4. The number of halogens is 2.